The number of benzene rings is 2. The molecule has 138 valence electrons. The van der Waals surface area contributed by atoms with Crippen LogP contribution in [-0.4, -0.2) is 14.5 Å². The summed E-state index contributed by atoms with van der Waals surface area (Å²) in [5.41, 5.74) is 2.15. The first-order valence-corrected chi connectivity index (χ1v) is 9.89. The van der Waals surface area contributed by atoms with Gasteiger partial charge in [0.25, 0.3) is 5.56 Å². The van der Waals surface area contributed by atoms with Gasteiger partial charge in [-0.15, -0.1) is 11.3 Å². The first kappa shape index (κ1) is 17.2. The summed E-state index contributed by atoms with van der Waals surface area (Å²) in [6, 6.07) is 15.3. The van der Waals surface area contributed by atoms with Gasteiger partial charge in [-0.1, -0.05) is 35.9 Å². The second-order valence-corrected chi connectivity index (χ2v) is 7.92. The smallest absolute Gasteiger partial charge is 0.271 e. The predicted molar refractivity (Wildman–Crippen MR) is 112 cm³/mol. The van der Waals surface area contributed by atoms with E-state index in [1.807, 2.05) is 55.5 Å². The molecule has 0 spiro atoms. The Bertz CT molecular complexity index is 1390. The van der Waals surface area contributed by atoms with Gasteiger partial charge in [-0.2, -0.15) is 0 Å². The third-order valence-electron chi connectivity index (χ3n) is 4.65. The Morgan fingerprint density at radius 1 is 1.14 bits per heavy atom. The van der Waals surface area contributed by atoms with Crippen LogP contribution >= 0.6 is 22.9 Å². The summed E-state index contributed by atoms with van der Waals surface area (Å²) in [5.74, 6) is 1.23. The lowest BCUT2D eigenvalue weighted by atomic mass is 10.2. The van der Waals surface area contributed by atoms with Crippen molar-refractivity contribution in [2.45, 2.75) is 13.5 Å². The zero-order valence-corrected chi connectivity index (χ0v) is 16.4. The van der Waals surface area contributed by atoms with Crippen molar-refractivity contribution in [3.63, 3.8) is 0 Å². The minimum absolute atomic E-state index is 0.106. The van der Waals surface area contributed by atoms with E-state index >= 15 is 0 Å². The van der Waals surface area contributed by atoms with E-state index in [1.165, 1.54) is 11.3 Å². The molecule has 0 bridgehead atoms. The zero-order chi connectivity index (χ0) is 19.3. The normalized spacial score (nSPS) is 11.5. The molecule has 0 N–H and O–H groups in total. The number of halogens is 1. The summed E-state index contributed by atoms with van der Waals surface area (Å²) in [7, 11) is 0. The molecular formula is C21H14ClN3O2S. The molecule has 0 aliphatic heterocycles. The van der Waals surface area contributed by atoms with Crippen LogP contribution in [0.15, 0.2) is 64.1 Å². The minimum atomic E-state index is -0.106. The van der Waals surface area contributed by atoms with Crippen LogP contribution in [-0.2, 0) is 6.54 Å². The van der Waals surface area contributed by atoms with Crippen molar-refractivity contribution in [2.24, 2.45) is 0 Å². The Morgan fingerprint density at radius 3 is 2.79 bits per heavy atom. The minimum Gasteiger partial charge on any atom is -0.441 e. The van der Waals surface area contributed by atoms with Gasteiger partial charge in [0.05, 0.1) is 23.4 Å². The molecule has 0 unspecified atom stereocenters. The van der Waals surface area contributed by atoms with Gasteiger partial charge in [-0.05, 0) is 31.2 Å². The molecule has 0 aliphatic carbocycles. The van der Waals surface area contributed by atoms with Gasteiger partial charge in [-0.3, -0.25) is 9.36 Å². The van der Waals surface area contributed by atoms with E-state index < -0.39 is 0 Å². The van der Waals surface area contributed by atoms with Crippen molar-refractivity contribution in [1.82, 2.24) is 14.5 Å². The summed E-state index contributed by atoms with van der Waals surface area (Å²) in [6.07, 6.45) is 1.55. The van der Waals surface area contributed by atoms with Crippen molar-refractivity contribution in [3.8, 4) is 11.5 Å². The number of rotatable bonds is 3. The van der Waals surface area contributed by atoms with Crippen molar-refractivity contribution >= 4 is 43.2 Å². The molecule has 0 saturated heterocycles. The van der Waals surface area contributed by atoms with Gasteiger partial charge in [0.1, 0.15) is 16.2 Å². The fourth-order valence-electron chi connectivity index (χ4n) is 3.22. The lowest BCUT2D eigenvalue weighted by molar-refractivity contribution is 0.537. The van der Waals surface area contributed by atoms with Crippen LogP contribution in [0.5, 0.6) is 0 Å². The van der Waals surface area contributed by atoms with Crippen molar-refractivity contribution < 1.29 is 4.42 Å². The molecule has 0 radical (unpaired) electrons. The average molecular weight is 408 g/mol. The molecule has 0 atom stereocenters. The van der Waals surface area contributed by atoms with E-state index in [1.54, 1.807) is 10.9 Å². The Balaban J connectivity index is 1.59. The quantitative estimate of drug-likeness (QED) is 0.408. The predicted octanol–water partition coefficient (Wildman–Crippen LogP) is 5.28. The van der Waals surface area contributed by atoms with Crippen LogP contribution in [0.1, 0.15) is 11.5 Å². The molecule has 0 fully saturated rings. The highest BCUT2D eigenvalue weighted by Gasteiger charge is 2.16. The summed E-state index contributed by atoms with van der Waals surface area (Å²) < 4.78 is 8.91. The highest BCUT2D eigenvalue weighted by molar-refractivity contribution is 7.25. The number of thiophene rings is 1. The number of aryl methyl sites for hydroxylation is 1. The van der Waals surface area contributed by atoms with Crippen molar-refractivity contribution in [2.75, 3.05) is 0 Å². The van der Waals surface area contributed by atoms with Crippen LogP contribution in [0.25, 0.3) is 31.8 Å². The van der Waals surface area contributed by atoms with E-state index in [0.717, 1.165) is 15.6 Å². The standard InChI is InChI=1S/C21H14ClN3O2S/c1-12-15(24-20(27-12)13-6-3-2-4-7-13)10-25-11-23-18-17-14(22)8-5-9-16(17)28-19(18)21(25)26/h2-9,11H,10H2,1H3. The average Bonchev–Trinajstić information content (AvgIpc) is 3.27. The molecule has 5 rings (SSSR count). The maximum atomic E-state index is 13.0. The summed E-state index contributed by atoms with van der Waals surface area (Å²) in [6.45, 7) is 2.15. The molecule has 3 heterocycles. The van der Waals surface area contributed by atoms with Gasteiger partial charge < -0.3 is 4.42 Å². The maximum Gasteiger partial charge on any atom is 0.271 e. The molecule has 3 aromatic heterocycles. The van der Waals surface area contributed by atoms with Crippen molar-refractivity contribution in [1.29, 1.82) is 0 Å². The first-order valence-electron chi connectivity index (χ1n) is 8.69. The summed E-state index contributed by atoms with van der Waals surface area (Å²) in [4.78, 5) is 22.1. The van der Waals surface area contributed by atoms with E-state index in [2.05, 4.69) is 9.97 Å². The third-order valence-corrected chi connectivity index (χ3v) is 6.10. The summed E-state index contributed by atoms with van der Waals surface area (Å²) >= 11 is 7.73. The molecule has 5 aromatic rings. The Kier molecular flexibility index (Phi) is 4.03. The molecule has 2 aromatic carbocycles. The second-order valence-electron chi connectivity index (χ2n) is 6.46. The lowest BCUT2D eigenvalue weighted by Crippen LogP contribution is -2.20. The second kappa shape index (κ2) is 6.58. The van der Waals surface area contributed by atoms with E-state index in [9.17, 15) is 4.79 Å². The third kappa shape index (κ3) is 2.73. The maximum absolute atomic E-state index is 13.0. The number of fused-ring (bicyclic) bond motifs is 3. The Morgan fingerprint density at radius 2 is 1.96 bits per heavy atom. The van der Waals surface area contributed by atoms with Gasteiger partial charge in [0.15, 0.2) is 0 Å². The zero-order valence-electron chi connectivity index (χ0n) is 14.8. The molecule has 5 nitrogen and oxygen atoms in total. The van der Waals surface area contributed by atoms with Crippen molar-refractivity contribution in [3.05, 3.63) is 81.7 Å². The number of nitrogens with zero attached hydrogens (tertiary/aromatic N) is 3. The summed E-state index contributed by atoms with van der Waals surface area (Å²) in [5, 5.41) is 1.44. The van der Waals surface area contributed by atoms with Gasteiger partial charge in [-0.25, -0.2) is 9.97 Å². The number of oxazole rings is 1. The molecule has 0 saturated carbocycles. The fraction of sp³-hybridized carbons (Fsp3) is 0.0952. The largest absolute Gasteiger partial charge is 0.441 e. The highest BCUT2D eigenvalue weighted by Crippen LogP contribution is 2.35. The van der Waals surface area contributed by atoms with E-state index in [4.69, 9.17) is 16.0 Å². The topological polar surface area (TPSA) is 60.9 Å². The van der Waals surface area contributed by atoms with Crippen LogP contribution in [0.3, 0.4) is 0 Å². The lowest BCUT2D eigenvalue weighted by Gasteiger charge is -2.03. The van der Waals surface area contributed by atoms with Gasteiger partial charge in [0.2, 0.25) is 5.89 Å². The highest BCUT2D eigenvalue weighted by atomic mass is 35.5. The monoisotopic (exact) mass is 407 g/mol. The fourth-order valence-corrected chi connectivity index (χ4v) is 4.67. The van der Waals surface area contributed by atoms with Crippen LogP contribution < -0.4 is 5.56 Å². The van der Waals surface area contributed by atoms with E-state index in [-0.39, 0.29) is 5.56 Å². The SMILES string of the molecule is Cc1oc(-c2ccccc2)nc1Cn1cnc2c(sc3cccc(Cl)c32)c1=O. The molecule has 0 aliphatic rings. The number of hydrogen-bond donors (Lipinski definition) is 0. The van der Waals surface area contributed by atoms with Gasteiger partial charge in [0, 0.05) is 15.6 Å². The molecular weight excluding hydrogens is 394 g/mol. The number of hydrogen-bond acceptors (Lipinski definition) is 5. The Labute approximate surface area is 168 Å². The first-order chi connectivity index (χ1) is 13.6. The number of aromatic nitrogens is 3. The van der Waals surface area contributed by atoms with Crippen LogP contribution in [0, 0.1) is 6.92 Å². The molecule has 7 heteroatoms. The van der Waals surface area contributed by atoms with Gasteiger partial charge >= 0.3 is 0 Å². The Hall–Kier alpha value is -2.96. The van der Waals surface area contributed by atoms with Crippen LogP contribution in [0.2, 0.25) is 5.02 Å². The van der Waals surface area contributed by atoms with E-state index in [0.29, 0.717) is 39.1 Å². The molecule has 0 amide bonds. The van der Waals surface area contributed by atoms with Crippen LogP contribution in [0.4, 0.5) is 0 Å². The molecule has 28 heavy (non-hydrogen) atoms.